The van der Waals surface area contributed by atoms with E-state index in [1.165, 1.54) is 56.3 Å². The van der Waals surface area contributed by atoms with E-state index < -0.39 is 0 Å². The first-order valence-electron chi connectivity index (χ1n) is 8.22. The van der Waals surface area contributed by atoms with Gasteiger partial charge in [-0.15, -0.1) is 0 Å². The van der Waals surface area contributed by atoms with Crippen molar-refractivity contribution in [1.82, 2.24) is 4.90 Å². The largest absolute Gasteiger partial charge is 0.327 e. The summed E-state index contributed by atoms with van der Waals surface area (Å²) in [4.78, 5) is 2.64. The van der Waals surface area contributed by atoms with Gasteiger partial charge in [-0.05, 0) is 50.0 Å². The molecule has 3 rings (SSSR count). The summed E-state index contributed by atoms with van der Waals surface area (Å²) in [6.07, 6.45) is 6.70. The third kappa shape index (κ3) is 3.62. The van der Waals surface area contributed by atoms with E-state index in [0.717, 1.165) is 18.4 Å². The van der Waals surface area contributed by atoms with Gasteiger partial charge in [-0.1, -0.05) is 36.2 Å². The fraction of sp³-hybridized carbons (Fsp3) is 0.667. The topological polar surface area (TPSA) is 29.3 Å². The highest BCUT2D eigenvalue weighted by molar-refractivity contribution is 5.21. The molecule has 2 nitrogen and oxygen atoms in total. The maximum Gasteiger partial charge on any atom is 0.0171 e. The van der Waals surface area contributed by atoms with Gasteiger partial charge < -0.3 is 10.6 Å². The van der Waals surface area contributed by atoms with Crippen LogP contribution in [-0.2, 0) is 6.42 Å². The Hall–Kier alpha value is -0.860. The van der Waals surface area contributed by atoms with Crippen LogP contribution >= 0.6 is 0 Å². The van der Waals surface area contributed by atoms with E-state index in [-0.39, 0.29) is 0 Å². The summed E-state index contributed by atoms with van der Waals surface area (Å²) in [6.45, 7) is 5.80. The van der Waals surface area contributed by atoms with Crippen LogP contribution in [0.3, 0.4) is 0 Å². The zero-order valence-electron chi connectivity index (χ0n) is 12.7. The van der Waals surface area contributed by atoms with Gasteiger partial charge in [0.05, 0.1) is 0 Å². The van der Waals surface area contributed by atoms with Crippen molar-refractivity contribution >= 4 is 0 Å². The molecule has 0 bridgehead atoms. The highest BCUT2D eigenvalue weighted by atomic mass is 15.2. The molecule has 0 amide bonds. The van der Waals surface area contributed by atoms with Crippen molar-refractivity contribution in [1.29, 1.82) is 0 Å². The van der Waals surface area contributed by atoms with Crippen LogP contribution in [0.4, 0.5) is 0 Å². The fourth-order valence-electron chi connectivity index (χ4n) is 3.74. The van der Waals surface area contributed by atoms with Crippen molar-refractivity contribution in [3.63, 3.8) is 0 Å². The molecule has 1 saturated heterocycles. The lowest BCUT2D eigenvalue weighted by atomic mass is 9.83. The predicted molar refractivity (Wildman–Crippen MR) is 84.7 cm³/mol. The molecule has 1 saturated carbocycles. The zero-order chi connectivity index (χ0) is 13.9. The highest BCUT2D eigenvalue weighted by Gasteiger charge is 2.28. The van der Waals surface area contributed by atoms with Crippen LogP contribution in [-0.4, -0.2) is 30.6 Å². The smallest absolute Gasteiger partial charge is 0.0171 e. The van der Waals surface area contributed by atoms with Crippen molar-refractivity contribution in [2.45, 2.75) is 45.1 Å². The van der Waals surface area contributed by atoms with E-state index in [2.05, 4.69) is 36.1 Å². The molecule has 1 aromatic rings. The van der Waals surface area contributed by atoms with Gasteiger partial charge in [0.2, 0.25) is 0 Å². The molecule has 2 atom stereocenters. The molecule has 2 aliphatic rings. The molecule has 20 heavy (non-hydrogen) atoms. The third-order valence-electron chi connectivity index (χ3n) is 5.03. The number of nitrogens with zero attached hydrogens (tertiary/aromatic N) is 1. The van der Waals surface area contributed by atoms with E-state index in [4.69, 9.17) is 5.73 Å². The van der Waals surface area contributed by atoms with Gasteiger partial charge in [0, 0.05) is 25.7 Å². The Morgan fingerprint density at radius 3 is 2.50 bits per heavy atom. The second-order valence-electron chi connectivity index (χ2n) is 7.07. The molecule has 2 unspecified atom stereocenters. The number of hydrogen-bond donors (Lipinski definition) is 1. The van der Waals surface area contributed by atoms with Crippen LogP contribution in [0.5, 0.6) is 0 Å². The summed E-state index contributed by atoms with van der Waals surface area (Å²) >= 11 is 0. The average Bonchev–Trinajstić information content (AvgIpc) is 2.36. The molecule has 0 aromatic heterocycles. The number of nitrogens with two attached hydrogens (primary N) is 1. The average molecular weight is 272 g/mol. The minimum absolute atomic E-state index is 0.374. The fourth-order valence-corrected chi connectivity index (χ4v) is 3.74. The minimum Gasteiger partial charge on any atom is -0.327 e. The second kappa shape index (κ2) is 6.28. The Morgan fingerprint density at radius 2 is 1.85 bits per heavy atom. The standard InChI is InChI=1S/C18H28N2/c1-14-5-7-15(8-6-14)9-17-10-18(19)13-20(12-17)11-16-3-2-4-16/h5-8,16-18H,2-4,9-13,19H2,1H3. The first kappa shape index (κ1) is 14.1. The lowest BCUT2D eigenvalue weighted by molar-refractivity contribution is 0.112. The van der Waals surface area contributed by atoms with Crippen LogP contribution in [0, 0.1) is 18.8 Å². The van der Waals surface area contributed by atoms with Gasteiger partial charge in [0.25, 0.3) is 0 Å². The van der Waals surface area contributed by atoms with Crippen molar-refractivity contribution < 1.29 is 0 Å². The van der Waals surface area contributed by atoms with Crippen molar-refractivity contribution in [3.05, 3.63) is 35.4 Å². The third-order valence-corrected chi connectivity index (χ3v) is 5.03. The Kier molecular flexibility index (Phi) is 4.42. The van der Waals surface area contributed by atoms with Crippen LogP contribution in [0.15, 0.2) is 24.3 Å². The zero-order valence-corrected chi connectivity index (χ0v) is 12.7. The molecule has 1 heterocycles. The van der Waals surface area contributed by atoms with Crippen molar-refractivity contribution in [2.24, 2.45) is 17.6 Å². The Morgan fingerprint density at radius 1 is 1.10 bits per heavy atom. The molecular formula is C18H28N2. The second-order valence-corrected chi connectivity index (χ2v) is 7.07. The molecule has 1 aliphatic heterocycles. The maximum atomic E-state index is 6.29. The van der Waals surface area contributed by atoms with Crippen LogP contribution in [0.2, 0.25) is 0 Å². The van der Waals surface area contributed by atoms with Gasteiger partial charge >= 0.3 is 0 Å². The SMILES string of the molecule is Cc1ccc(CC2CC(N)CN(CC3CCC3)C2)cc1. The van der Waals surface area contributed by atoms with Gasteiger partial charge in [-0.2, -0.15) is 0 Å². The van der Waals surface area contributed by atoms with Gasteiger partial charge in [-0.3, -0.25) is 0 Å². The summed E-state index contributed by atoms with van der Waals surface area (Å²) in [7, 11) is 0. The molecule has 1 aromatic carbocycles. The Bertz CT molecular complexity index is 422. The number of aryl methyl sites for hydroxylation is 1. The van der Waals surface area contributed by atoms with Gasteiger partial charge in [0.1, 0.15) is 0 Å². The predicted octanol–water partition coefficient (Wildman–Crippen LogP) is 2.99. The number of benzene rings is 1. The van der Waals surface area contributed by atoms with E-state index >= 15 is 0 Å². The summed E-state index contributed by atoms with van der Waals surface area (Å²) in [6, 6.07) is 9.39. The quantitative estimate of drug-likeness (QED) is 0.913. The van der Waals surface area contributed by atoms with Crippen LogP contribution < -0.4 is 5.73 Å². The molecule has 0 radical (unpaired) electrons. The van der Waals surface area contributed by atoms with Crippen LogP contribution in [0.25, 0.3) is 0 Å². The van der Waals surface area contributed by atoms with E-state index in [1.54, 1.807) is 0 Å². The van der Waals surface area contributed by atoms with Gasteiger partial charge in [0.15, 0.2) is 0 Å². The first-order chi connectivity index (χ1) is 9.69. The molecular weight excluding hydrogens is 244 g/mol. The van der Waals surface area contributed by atoms with Crippen molar-refractivity contribution in [3.8, 4) is 0 Å². The summed E-state index contributed by atoms with van der Waals surface area (Å²) < 4.78 is 0. The molecule has 0 spiro atoms. The Balaban J connectivity index is 1.56. The number of hydrogen-bond acceptors (Lipinski definition) is 2. The number of piperidine rings is 1. The lowest BCUT2D eigenvalue weighted by Crippen LogP contribution is -2.49. The summed E-state index contributed by atoms with van der Waals surface area (Å²) in [5.74, 6) is 1.70. The van der Waals surface area contributed by atoms with Crippen LogP contribution in [0.1, 0.15) is 36.8 Å². The Labute approximate surface area is 123 Å². The first-order valence-corrected chi connectivity index (χ1v) is 8.22. The molecule has 110 valence electrons. The molecule has 2 heteroatoms. The molecule has 2 N–H and O–H groups in total. The van der Waals surface area contributed by atoms with E-state index in [1.807, 2.05) is 0 Å². The molecule has 2 fully saturated rings. The van der Waals surface area contributed by atoms with Crippen molar-refractivity contribution in [2.75, 3.05) is 19.6 Å². The normalized spacial score (nSPS) is 28.3. The van der Waals surface area contributed by atoms with Gasteiger partial charge in [-0.25, -0.2) is 0 Å². The minimum atomic E-state index is 0.374. The maximum absolute atomic E-state index is 6.29. The number of likely N-dealkylation sites (tertiary alicyclic amines) is 1. The number of rotatable bonds is 4. The van der Waals surface area contributed by atoms with E-state index in [0.29, 0.717) is 6.04 Å². The molecule has 1 aliphatic carbocycles. The summed E-state index contributed by atoms with van der Waals surface area (Å²) in [5, 5.41) is 0. The lowest BCUT2D eigenvalue weighted by Gasteiger charge is -2.40. The monoisotopic (exact) mass is 272 g/mol. The van der Waals surface area contributed by atoms with E-state index in [9.17, 15) is 0 Å². The highest BCUT2D eigenvalue weighted by Crippen LogP contribution is 2.29. The summed E-state index contributed by atoms with van der Waals surface area (Å²) in [5.41, 5.74) is 9.11.